The number of benzene rings is 2. The average Bonchev–Trinajstić information content (AvgIpc) is 3.20. The molecule has 0 saturated carbocycles. The molecule has 2 aliphatic heterocycles. The Balaban J connectivity index is 1.26. The van der Waals surface area contributed by atoms with E-state index in [1.165, 1.54) is 10.4 Å². The summed E-state index contributed by atoms with van der Waals surface area (Å²) in [4.78, 5) is 16.9. The van der Waals surface area contributed by atoms with Crippen LogP contribution in [0, 0.1) is 0 Å². The molecule has 2 aliphatic rings. The summed E-state index contributed by atoms with van der Waals surface area (Å²) in [7, 11) is 3.89. The molecular formula is C26H30N6O3. The first-order chi connectivity index (χ1) is 17.0. The minimum absolute atomic E-state index is 0.128. The molecule has 3 aromatic rings. The highest BCUT2D eigenvalue weighted by Gasteiger charge is 2.19. The highest BCUT2D eigenvalue weighted by atomic mass is 16.5. The van der Waals surface area contributed by atoms with Crippen molar-refractivity contribution in [2.75, 3.05) is 32.2 Å². The van der Waals surface area contributed by atoms with Crippen molar-refractivity contribution in [3.8, 4) is 17.1 Å². The zero-order chi connectivity index (χ0) is 24.2. The Morgan fingerprint density at radius 3 is 2.69 bits per heavy atom. The van der Waals surface area contributed by atoms with E-state index in [2.05, 4.69) is 44.8 Å². The molecule has 0 unspecified atom stereocenters. The molecule has 1 fully saturated rings. The summed E-state index contributed by atoms with van der Waals surface area (Å²) >= 11 is 0. The third kappa shape index (κ3) is 5.58. The molecule has 35 heavy (non-hydrogen) atoms. The molecule has 1 saturated heterocycles. The maximum absolute atomic E-state index is 13.1. The lowest BCUT2D eigenvalue weighted by atomic mass is 10.0. The normalized spacial score (nSPS) is 16.3. The van der Waals surface area contributed by atoms with Crippen molar-refractivity contribution in [3.63, 3.8) is 0 Å². The van der Waals surface area contributed by atoms with Gasteiger partial charge in [-0.1, -0.05) is 12.1 Å². The number of carbonyl (C=O) groups excluding carboxylic acids is 1. The van der Waals surface area contributed by atoms with Crippen molar-refractivity contribution >= 4 is 17.7 Å². The Bertz CT molecular complexity index is 1210. The number of aryl methyl sites for hydroxylation is 1. The fourth-order valence-corrected chi connectivity index (χ4v) is 4.49. The van der Waals surface area contributed by atoms with E-state index in [1.54, 1.807) is 7.05 Å². The van der Waals surface area contributed by atoms with Crippen LogP contribution in [0.3, 0.4) is 0 Å². The third-order valence-electron chi connectivity index (χ3n) is 6.48. The summed E-state index contributed by atoms with van der Waals surface area (Å²) in [5, 5.41) is 15.3. The van der Waals surface area contributed by atoms with Gasteiger partial charge in [0.05, 0.1) is 13.7 Å². The second-order valence-corrected chi connectivity index (χ2v) is 9.03. The quantitative estimate of drug-likeness (QED) is 0.586. The number of hydrogen-bond donors (Lipinski definition) is 1. The number of nitrogens with one attached hydrogen (secondary N) is 1. The first-order valence-corrected chi connectivity index (χ1v) is 12.0. The molecule has 1 N–H and O–H groups in total. The lowest BCUT2D eigenvalue weighted by Gasteiger charge is -2.31. The summed E-state index contributed by atoms with van der Waals surface area (Å²) < 4.78 is 11.3. The van der Waals surface area contributed by atoms with Crippen LogP contribution in [0.4, 0.5) is 5.69 Å². The number of tetrazole rings is 1. The lowest BCUT2D eigenvalue weighted by Crippen LogP contribution is -2.36. The maximum Gasteiger partial charge on any atom is 0.251 e. The molecule has 9 heteroatoms. The van der Waals surface area contributed by atoms with Gasteiger partial charge in [-0.3, -0.25) is 9.69 Å². The molecule has 3 heterocycles. The first-order valence-electron chi connectivity index (χ1n) is 12.0. The molecule has 1 aromatic heterocycles. The molecule has 0 radical (unpaired) electrons. The molecule has 2 aromatic carbocycles. The van der Waals surface area contributed by atoms with E-state index < -0.39 is 0 Å². The van der Waals surface area contributed by atoms with Crippen molar-refractivity contribution in [3.05, 3.63) is 59.2 Å². The standard InChI is InChI=1S/C26H30N6O3/c1-31(23-10-12-34-13-11-23)17-18-3-6-22(7-4-18)27-26(33)20-9-14-35-24-8-5-19(15-21(24)16-20)25-28-30-32(2)29-25/h3-8,15-16,23H,9-14,17H2,1-2H3,(H,27,33). The number of anilines is 1. The largest absolute Gasteiger partial charge is 0.493 e. The number of carbonyl (C=O) groups is 1. The van der Waals surface area contributed by atoms with Crippen LogP contribution in [-0.2, 0) is 23.1 Å². The minimum Gasteiger partial charge on any atom is -0.493 e. The number of amides is 1. The summed E-state index contributed by atoms with van der Waals surface area (Å²) in [5.74, 6) is 1.14. The number of hydrogen-bond acceptors (Lipinski definition) is 7. The molecule has 5 rings (SSSR count). The van der Waals surface area contributed by atoms with Gasteiger partial charge in [0.25, 0.3) is 5.91 Å². The van der Waals surface area contributed by atoms with Crippen molar-refractivity contribution in [2.24, 2.45) is 7.05 Å². The predicted molar refractivity (Wildman–Crippen MR) is 133 cm³/mol. The van der Waals surface area contributed by atoms with Crippen molar-refractivity contribution in [1.29, 1.82) is 0 Å². The predicted octanol–water partition coefficient (Wildman–Crippen LogP) is 3.29. The van der Waals surface area contributed by atoms with E-state index >= 15 is 0 Å². The van der Waals surface area contributed by atoms with Gasteiger partial charge in [-0.05, 0) is 67.1 Å². The lowest BCUT2D eigenvalue weighted by molar-refractivity contribution is -0.113. The van der Waals surface area contributed by atoms with Gasteiger partial charge >= 0.3 is 0 Å². The molecule has 182 valence electrons. The van der Waals surface area contributed by atoms with E-state index in [0.29, 0.717) is 30.5 Å². The van der Waals surface area contributed by atoms with Gasteiger partial charge in [0.1, 0.15) is 5.75 Å². The van der Waals surface area contributed by atoms with Gasteiger partial charge < -0.3 is 14.8 Å². The molecule has 1 amide bonds. The topological polar surface area (TPSA) is 94.4 Å². The number of ether oxygens (including phenoxy) is 2. The zero-order valence-corrected chi connectivity index (χ0v) is 20.1. The van der Waals surface area contributed by atoms with Gasteiger partial charge in [-0.2, -0.15) is 4.80 Å². The van der Waals surface area contributed by atoms with Crippen LogP contribution in [0.15, 0.2) is 48.0 Å². The number of nitrogens with zero attached hydrogens (tertiary/aromatic N) is 5. The average molecular weight is 475 g/mol. The monoisotopic (exact) mass is 474 g/mol. The fourth-order valence-electron chi connectivity index (χ4n) is 4.49. The summed E-state index contributed by atoms with van der Waals surface area (Å²) in [6.45, 7) is 2.99. The Morgan fingerprint density at radius 2 is 1.94 bits per heavy atom. The Hall–Kier alpha value is -3.56. The second-order valence-electron chi connectivity index (χ2n) is 9.03. The highest BCUT2D eigenvalue weighted by Crippen LogP contribution is 2.30. The molecule has 9 nitrogen and oxygen atoms in total. The van der Waals surface area contributed by atoms with Gasteiger partial charge in [0.15, 0.2) is 0 Å². The summed E-state index contributed by atoms with van der Waals surface area (Å²) in [6, 6.07) is 14.3. The Kier molecular flexibility index (Phi) is 6.87. The van der Waals surface area contributed by atoms with Gasteiger partial charge in [0.2, 0.25) is 5.82 Å². The van der Waals surface area contributed by atoms with E-state index in [1.807, 2.05) is 36.4 Å². The molecule has 0 aliphatic carbocycles. The van der Waals surface area contributed by atoms with Crippen LogP contribution in [0.2, 0.25) is 0 Å². The van der Waals surface area contributed by atoms with Crippen LogP contribution in [-0.4, -0.2) is 63.9 Å². The minimum atomic E-state index is -0.128. The van der Waals surface area contributed by atoms with Gasteiger partial charge in [-0.15, -0.1) is 10.2 Å². The van der Waals surface area contributed by atoms with E-state index in [4.69, 9.17) is 9.47 Å². The van der Waals surface area contributed by atoms with Crippen molar-refractivity contribution in [1.82, 2.24) is 25.1 Å². The number of aromatic nitrogens is 4. The molecule has 0 spiro atoms. The van der Waals surface area contributed by atoms with Gasteiger partial charge in [0, 0.05) is 54.6 Å². The fraction of sp³-hybridized carbons (Fsp3) is 0.385. The van der Waals surface area contributed by atoms with Crippen molar-refractivity contribution < 1.29 is 14.3 Å². The van der Waals surface area contributed by atoms with Crippen LogP contribution >= 0.6 is 0 Å². The van der Waals surface area contributed by atoms with Crippen molar-refractivity contribution in [2.45, 2.75) is 31.8 Å². The van der Waals surface area contributed by atoms with E-state index in [-0.39, 0.29) is 5.91 Å². The number of fused-ring (bicyclic) bond motifs is 1. The van der Waals surface area contributed by atoms with E-state index in [0.717, 1.165) is 55.2 Å². The van der Waals surface area contributed by atoms with Crippen LogP contribution in [0.5, 0.6) is 5.75 Å². The molecular weight excluding hydrogens is 444 g/mol. The summed E-state index contributed by atoms with van der Waals surface area (Å²) in [5.41, 5.74) is 4.30. The SMILES string of the molecule is CN(Cc1ccc(NC(=O)C2=Cc3cc(-c4nnn(C)n4)ccc3OCC2)cc1)C1CCOCC1. The van der Waals surface area contributed by atoms with Crippen LogP contribution < -0.4 is 10.1 Å². The zero-order valence-electron chi connectivity index (χ0n) is 20.1. The summed E-state index contributed by atoms with van der Waals surface area (Å²) in [6.07, 6.45) is 4.55. The van der Waals surface area contributed by atoms with E-state index in [9.17, 15) is 4.79 Å². The first kappa shape index (κ1) is 23.2. The second kappa shape index (κ2) is 10.4. The van der Waals surface area contributed by atoms with Crippen LogP contribution in [0.25, 0.3) is 17.5 Å². The molecule has 0 atom stereocenters. The number of rotatable bonds is 6. The highest BCUT2D eigenvalue weighted by molar-refractivity contribution is 6.07. The van der Waals surface area contributed by atoms with Gasteiger partial charge in [-0.25, -0.2) is 0 Å². The Morgan fingerprint density at radius 1 is 1.14 bits per heavy atom. The van der Waals surface area contributed by atoms with Crippen LogP contribution in [0.1, 0.15) is 30.4 Å². The Labute approximate surface area is 204 Å². The third-order valence-corrected chi connectivity index (χ3v) is 6.48. The smallest absolute Gasteiger partial charge is 0.251 e. The molecule has 0 bridgehead atoms. The maximum atomic E-state index is 13.1.